The average molecular weight is 473 g/mol. The Balaban J connectivity index is 2.07. The summed E-state index contributed by atoms with van der Waals surface area (Å²) in [5.41, 5.74) is 1.74. The fraction of sp³-hybridized carbons (Fsp3) is 0.0312. The summed E-state index contributed by atoms with van der Waals surface area (Å²) in [6, 6.07) is 47.3. The van der Waals surface area contributed by atoms with Crippen molar-refractivity contribution in [2.45, 2.75) is 0 Å². The van der Waals surface area contributed by atoms with Crippen LogP contribution in [0.1, 0.15) is 0 Å². The van der Waals surface area contributed by atoms with Crippen LogP contribution in [-0.2, 0) is 0 Å². The molecule has 0 saturated heterocycles. The molecule has 0 aliphatic heterocycles. The lowest BCUT2D eigenvalue weighted by atomic mass is 10.1. The van der Waals surface area contributed by atoms with Gasteiger partial charge in [-0.2, -0.15) is 0 Å². The highest BCUT2D eigenvalue weighted by Gasteiger charge is 2.28. The molecule has 0 aliphatic carbocycles. The largest absolute Gasteiger partial charge is 0.497 e. The van der Waals surface area contributed by atoms with Gasteiger partial charge in [-0.3, -0.25) is 0 Å². The topological polar surface area (TPSA) is 22.4 Å². The van der Waals surface area contributed by atoms with Crippen LogP contribution in [0.2, 0.25) is 0 Å². The summed E-state index contributed by atoms with van der Waals surface area (Å²) in [5.74, 6) is 0.816. The Kier molecular flexibility index (Phi) is 5.52. The van der Waals surface area contributed by atoms with E-state index in [1.807, 2.05) is 18.2 Å². The van der Waals surface area contributed by atoms with E-state index in [0.717, 1.165) is 27.7 Å². The molecule has 0 saturated carbocycles. The standard InChI is InChI=1S/C32H25O2P/c1-33-24-21-22-31-29(23-24)32(28-19-11-12-20-30(28)34-31)35(25-13-5-2-6-14-25,26-15-7-3-8-16-26)27-17-9-4-10-18-27/h2-23H,1H3. The molecule has 1 aromatic heterocycles. The fourth-order valence-corrected chi connectivity index (χ4v) is 9.68. The smallest absolute Gasteiger partial charge is 0.135 e. The number of hydrogen-bond acceptors (Lipinski definition) is 2. The molecule has 170 valence electrons. The van der Waals surface area contributed by atoms with Crippen molar-refractivity contribution in [3.05, 3.63) is 138 Å². The minimum Gasteiger partial charge on any atom is -0.497 e. The number of para-hydroxylation sites is 1. The Hall–Kier alpha value is -4.00. The predicted octanol–water partition coefficient (Wildman–Crippen LogP) is 7.12. The van der Waals surface area contributed by atoms with Crippen LogP contribution in [-0.4, -0.2) is 7.11 Å². The fourth-order valence-electron chi connectivity index (χ4n) is 5.08. The number of fused-ring (bicyclic) bond motifs is 2. The number of hydrogen-bond donors (Lipinski definition) is 0. The van der Waals surface area contributed by atoms with Crippen LogP contribution in [0, 0.1) is 4.94 Å². The molecule has 0 unspecified atom stereocenters. The summed E-state index contributed by atoms with van der Waals surface area (Å²) in [7, 11) is 1.72. The number of benzene rings is 5. The maximum absolute atomic E-state index is 6.45. The van der Waals surface area contributed by atoms with Crippen molar-refractivity contribution < 1.29 is 9.15 Å². The molecule has 6 aromatic rings. The summed E-state index contributed by atoms with van der Waals surface area (Å²) in [5, 5.41) is 6.11. The van der Waals surface area contributed by atoms with Crippen LogP contribution < -0.4 is 20.7 Å². The van der Waals surface area contributed by atoms with E-state index < -0.39 is 6.89 Å². The van der Waals surface area contributed by atoms with Gasteiger partial charge in [0.05, 0.1) is 7.11 Å². The summed E-state index contributed by atoms with van der Waals surface area (Å²) in [4.78, 5) is 1.29. The molecular weight excluding hydrogens is 447 g/mol. The molecule has 0 spiro atoms. The Bertz CT molecular complexity index is 1620. The SMILES string of the molecule is COc1ccc2oc3ccccc3c(=P(c3ccccc3)(c3ccccc3)c3ccccc3)c2c1. The zero-order chi connectivity index (χ0) is 23.7. The van der Waals surface area contributed by atoms with Crippen LogP contribution >= 0.6 is 6.89 Å². The van der Waals surface area contributed by atoms with Gasteiger partial charge in [0.15, 0.2) is 0 Å². The van der Waals surface area contributed by atoms with E-state index in [1.165, 1.54) is 20.9 Å². The lowest BCUT2D eigenvalue weighted by Gasteiger charge is -2.30. The molecule has 3 heteroatoms. The lowest BCUT2D eigenvalue weighted by molar-refractivity contribution is 0.415. The zero-order valence-corrected chi connectivity index (χ0v) is 20.4. The third-order valence-electron chi connectivity index (χ3n) is 6.57. The molecule has 35 heavy (non-hydrogen) atoms. The third-order valence-corrected chi connectivity index (χ3v) is 10.9. The van der Waals surface area contributed by atoms with Crippen LogP contribution in [0.25, 0.3) is 21.9 Å². The molecule has 6 rings (SSSR count). The summed E-state index contributed by atoms with van der Waals surface area (Å²) in [6.45, 7) is -2.34. The third kappa shape index (κ3) is 3.50. The van der Waals surface area contributed by atoms with Gasteiger partial charge in [0.2, 0.25) is 0 Å². The number of rotatable bonds is 4. The van der Waals surface area contributed by atoms with E-state index >= 15 is 0 Å². The molecule has 0 N–H and O–H groups in total. The predicted molar refractivity (Wildman–Crippen MR) is 149 cm³/mol. The Labute approximate surface area is 205 Å². The highest BCUT2D eigenvalue weighted by atomic mass is 31.2. The monoisotopic (exact) mass is 472 g/mol. The van der Waals surface area contributed by atoms with E-state index in [1.54, 1.807) is 7.11 Å². The first-order valence-electron chi connectivity index (χ1n) is 11.7. The quantitative estimate of drug-likeness (QED) is 0.201. The maximum atomic E-state index is 6.45. The van der Waals surface area contributed by atoms with Gasteiger partial charge < -0.3 is 9.15 Å². The first-order chi connectivity index (χ1) is 17.3. The first-order valence-corrected chi connectivity index (χ1v) is 13.5. The van der Waals surface area contributed by atoms with Gasteiger partial charge in [0.25, 0.3) is 0 Å². The van der Waals surface area contributed by atoms with Crippen LogP contribution in [0.4, 0.5) is 0 Å². The Morgan fingerprint density at radius 3 is 1.54 bits per heavy atom. The molecule has 2 nitrogen and oxygen atoms in total. The van der Waals surface area contributed by atoms with Gasteiger partial charge in [0.1, 0.15) is 16.9 Å². The van der Waals surface area contributed by atoms with Crippen molar-refractivity contribution in [2.24, 2.45) is 0 Å². The van der Waals surface area contributed by atoms with Crippen LogP contribution in [0.3, 0.4) is 0 Å². The van der Waals surface area contributed by atoms with Gasteiger partial charge >= 0.3 is 0 Å². The van der Waals surface area contributed by atoms with E-state index in [-0.39, 0.29) is 0 Å². The first kappa shape index (κ1) is 21.5. The Morgan fingerprint density at radius 1 is 0.514 bits per heavy atom. The molecule has 0 aliphatic rings. The van der Waals surface area contributed by atoms with Crippen LogP contribution in [0.15, 0.2) is 138 Å². The molecule has 0 bridgehead atoms. The van der Waals surface area contributed by atoms with Crippen molar-refractivity contribution in [1.29, 1.82) is 0 Å². The minimum absolute atomic E-state index is 0.816. The molecule has 5 aromatic carbocycles. The summed E-state index contributed by atoms with van der Waals surface area (Å²) in [6.07, 6.45) is 0. The average Bonchev–Trinajstić information content (AvgIpc) is 2.94. The second-order valence-corrected chi connectivity index (χ2v) is 11.8. The molecule has 0 amide bonds. The van der Waals surface area contributed by atoms with E-state index in [0.29, 0.717) is 0 Å². The van der Waals surface area contributed by atoms with E-state index in [4.69, 9.17) is 9.15 Å². The lowest BCUT2D eigenvalue weighted by Crippen LogP contribution is -2.26. The minimum atomic E-state index is -2.34. The highest BCUT2D eigenvalue weighted by Crippen LogP contribution is 2.51. The van der Waals surface area contributed by atoms with Crippen molar-refractivity contribution in [3.63, 3.8) is 0 Å². The van der Waals surface area contributed by atoms with Gasteiger partial charge in [0, 0.05) is 15.7 Å². The highest BCUT2D eigenvalue weighted by molar-refractivity contribution is 7.89. The van der Waals surface area contributed by atoms with Gasteiger partial charge in [-0.25, -0.2) is 0 Å². The Morgan fingerprint density at radius 2 is 1.00 bits per heavy atom. The summed E-state index contributed by atoms with van der Waals surface area (Å²) < 4.78 is 12.1. The molecule has 1 heterocycles. The maximum Gasteiger partial charge on any atom is 0.135 e. The van der Waals surface area contributed by atoms with Crippen molar-refractivity contribution in [3.8, 4) is 5.75 Å². The van der Waals surface area contributed by atoms with Gasteiger partial charge in [-0.05, 0) is 47.1 Å². The van der Waals surface area contributed by atoms with E-state index in [2.05, 4.69) is 115 Å². The second kappa shape index (κ2) is 8.98. The number of ether oxygens (including phenoxy) is 1. The normalized spacial score (nSPS) is 11.6. The van der Waals surface area contributed by atoms with Gasteiger partial charge in [-0.1, -0.05) is 109 Å². The van der Waals surface area contributed by atoms with Crippen molar-refractivity contribution in [2.75, 3.05) is 7.11 Å². The van der Waals surface area contributed by atoms with E-state index in [9.17, 15) is 0 Å². The van der Waals surface area contributed by atoms with Crippen molar-refractivity contribution >= 4 is 44.7 Å². The number of methoxy groups -OCH3 is 1. The van der Waals surface area contributed by atoms with Crippen molar-refractivity contribution in [1.82, 2.24) is 0 Å². The van der Waals surface area contributed by atoms with Crippen LogP contribution in [0.5, 0.6) is 5.75 Å². The second-order valence-electron chi connectivity index (χ2n) is 8.49. The molecular formula is C32H25O2P. The molecule has 0 radical (unpaired) electrons. The molecule has 0 fully saturated rings. The molecule has 0 atom stereocenters. The van der Waals surface area contributed by atoms with Gasteiger partial charge in [-0.15, -0.1) is 0 Å². The zero-order valence-electron chi connectivity index (χ0n) is 19.5. The summed E-state index contributed by atoms with van der Waals surface area (Å²) >= 11 is 0.